The zero-order valence-corrected chi connectivity index (χ0v) is 14.1. The lowest BCUT2D eigenvalue weighted by Gasteiger charge is -2.09. The molecule has 7 heteroatoms. The van der Waals surface area contributed by atoms with Crippen molar-refractivity contribution in [2.45, 2.75) is 26.2 Å². The summed E-state index contributed by atoms with van der Waals surface area (Å²) in [6, 6.07) is 5.63. The van der Waals surface area contributed by atoms with E-state index >= 15 is 0 Å². The number of hydrogen-bond acceptors (Lipinski definition) is 5. The highest BCUT2D eigenvalue weighted by molar-refractivity contribution is 5.76. The normalized spacial score (nSPS) is 11.2. The maximum atomic E-state index is 12.2. The molecule has 2 heterocycles. The van der Waals surface area contributed by atoms with Crippen LogP contribution in [0.25, 0.3) is 11.0 Å². The quantitative estimate of drug-likeness (QED) is 0.750. The molecule has 3 rings (SSSR count). The molecule has 126 valence electrons. The van der Waals surface area contributed by atoms with Gasteiger partial charge in [0.15, 0.2) is 17.0 Å². The van der Waals surface area contributed by atoms with Gasteiger partial charge in [0.05, 0.1) is 19.9 Å². The van der Waals surface area contributed by atoms with Gasteiger partial charge in [-0.3, -0.25) is 9.89 Å². The third-order valence-corrected chi connectivity index (χ3v) is 3.88. The third kappa shape index (κ3) is 2.84. The lowest BCUT2D eigenvalue weighted by atomic mass is 10.1. The van der Waals surface area contributed by atoms with Gasteiger partial charge in [0.2, 0.25) is 0 Å². The summed E-state index contributed by atoms with van der Waals surface area (Å²) in [4.78, 5) is 19.6. The van der Waals surface area contributed by atoms with Crippen LogP contribution in [0.15, 0.2) is 23.0 Å². The molecule has 0 aliphatic rings. The highest BCUT2D eigenvalue weighted by atomic mass is 16.5. The number of ether oxygens (including phenoxy) is 2. The Hall–Kier alpha value is -2.83. The number of fused-ring (bicyclic) bond motifs is 1. The second-order valence-electron chi connectivity index (χ2n) is 5.87. The van der Waals surface area contributed by atoms with Crippen molar-refractivity contribution in [3.8, 4) is 11.5 Å². The Kier molecular flexibility index (Phi) is 4.24. The molecule has 0 aliphatic carbocycles. The minimum Gasteiger partial charge on any atom is -0.493 e. The first-order valence-electron chi connectivity index (χ1n) is 7.71. The molecule has 0 atom stereocenters. The first-order valence-corrected chi connectivity index (χ1v) is 7.71. The van der Waals surface area contributed by atoms with Crippen LogP contribution in [0.3, 0.4) is 0 Å². The molecule has 0 aliphatic heterocycles. The molecule has 2 aromatic heterocycles. The summed E-state index contributed by atoms with van der Waals surface area (Å²) in [6.07, 6.45) is 0.480. The van der Waals surface area contributed by atoms with Gasteiger partial charge in [0.25, 0.3) is 5.56 Å². The third-order valence-electron chi connectivity index (χ3n) is 3.88. The van der Waals surface area contributed by atoms with Gasteiger partial charge in [-0.2, -0.15) is 5.10 Å². The van der Waals surface area contributed by atoms with Crippen LogP contribution in [0.4, 0.5) is 0 Å². The van der Waals surface area contributed by atoms with Crippen molar-refractivity contribution < 1.29 is 9.47 Å². The molecule has 0 unspecified atom stereocenters. The number of rotatable bonds is 5. The minimum absolute atomic E-state index is 0.207. The van der Waals surface area contributed by atoms with Crippen LogP contribution < -0.4 is 15.0 Å². The number of hydrogen-bond donors (Lipinski definition) is 2. The van der Waals surface area contributed by atoms with Crippen LogP contribution in [0.2, 0.25) is 0 Å². The molecule has 3 aromatic rings. The topological polar surface area (TPSA) is 92.9 Å². The fourth-order valence-electron chi connectivity index (χ4n) is 2.64. The Morgan fingerprint density at radius 1 is 1.12 bits per heavy atom. The molecule has 0 radical (unpaired) electrons. The zero-order valence-electron chi connectivity index (χ0n) is 14.1. The lowest BCUT2D eigenvalue weighted by molar-refractivity contribution is 0.354. The van der Waals surface area contributed by atoms with E-state index in [9.17, 15) is 4.79 Å². The fourth-order valence-corrected chi connectivity index (χ4v) is 2.64. The van der Waals surface area contributed by atoms with Crippen molar-refractivity contribution in [2.75, 3.05) is 14.2 Å². The van der Waals surface area contributed by atoms with Gasteiger partial charge in [-0.1, -0.05) is 19.9 Å². The van der Waals surface area contributed by atoms with Gasteiger partial charge in [0, 0.05) is 6.42 Å². The van der Waals surface area contributed by atoms with Gasteiger partial charge in [-0.15, -0.1) is 0 Å². The SMILES string of the molecule is COc1ccc(Cc2nc3c(C(C)C)[nH]nc3c(=O)[nH]2)cc1OC. The highest BCUT2D eigenvalue weighted by Gasteiger charge is 2.15. The number of aromatic nitrogens is 4. The Morgan fingerprint density at radius 2 is 1.88 bits per heavy atom. The molecule has 0 saturated heterocycles. The smallest absolute Gasteiger partial charge is 0.279 e. The Morgan fingerprint density at radius 3 is 2.54 bits per heavy atom. The van der Waals surface area contributed by atoms with Gasteiger partial charge in [0.1, 0.15) is 11.3 Å². The number of methoxy groups -OCH3 is 2. The molecule has 7 nitrogen and oxygen atoms in total. The number of nitrogens with one attached hydrogen (secondary N) is 2. The molecular formula is C17H20N4O3. The highest BCUT2D eigenvalue weighted by Crippen LogP contribution is 2.28. The van der Waals surface area contributed by atoms with Crippen LogP contribution in [-0.2, 0) is 6.42 Å². The predicted octanol–water partition coefficient (Wildman–Crippen LogP) is 2.38. The summed E-state index contributed by atoms with van der Waals surface area (Å²) in [6.45, 7) is 4.06. The maximum Gasteiger partial charge on any atom is 0.279 e. The molecule has 0 fully saturated rings. The largest absolute Gasteiger partial charge is 0.493 e. The molecule has 2 N–H and O–H groups in total. The van der Waals surface area contributed by atoms with Gasteiger partial charge in [-0.05, 0) is 23.6 Å². The van der Waals surface area contributed by atoms with Crippen molar-refractivity contribution in [2.24, 2.45) is 0 Å². The summed E-state index contributed by atoms with van der Waals surface area (Å²) in [5, 5.41) is 6.98. The van der Waals surface area contributed by atoms with Crippen LogP contribution >= 0.6 is 0 Å². The monoisotopic (exact) mass is 328 g/mol. The summed E-state index contributed by atoms with van der Waals surface area (Å²) in [7, 11) is 3.19. The number of benzene rings is 1. The summed E-state index contributed by atoms with van der Waals surface area (Å²) in [5.74, 6) is 2.10. The molecule has 0 bridgehead atoms. The second-order valence-corrected chi connectivity index (χ2v) is 5.87. The van der Waals surface area contributed by atoms with E-state index in [1.165, 1.54) is 0 Å². The zero-order chi connectivity index (χ0) is 17.3. The summed E-state index contributed by atoms with van der Waals surface area (Å²) in [5.41, 5.74) is 2.56. The van der Waals surface area contributed by atoms with E-state index in [1.54, 1.807) is 14.2 Å². The van der Waals surface area contributed by atoms with Gasteiger partial charge in [-0.25, -0.2) is 4.98 Å². The molecular weight excluding hydrogens is 308 g/mol. The Labute approximate surface area is 139 Å². The molecule has 0 saturated carbocycles. The Bertz CT molecular complexity index is 927. The average Bonchev–Trinajstić information content (AvgIpc) is 2.99. The van der Waals surface area contributed by atoms with Crippen LogP contribution in [0.5, 0.6) is 11.5 Å². The van der Waals surface area contributed by atoms with E-state index < -0.39 is 0 Å². The van der Waals surface area contributed by atoms with Gasteiger partial charge >= 0.3 is 0 Å². The first-order chi connectivity index (χ1) is 11.5. The van der Waals surface area contributed by atoms with Crippen molar-refractivity contribution in [3.63, 3.8) is 0 Å². The van der Waals surface area contributed by atoms with Crippen LogP contribution in [-0.4, -0.2) is 34.4 Å². The molecule has 1 aromatic carbocycles. The lowest BCUT2D eigenvalue weighted by Crippen LogP contribution is -2.12. The van der Waals surface area contributed by atoms with E-state index in [-0.39, 0.29) is 11.5 Å². The van der Waals surface area contributed by atoms with Crippen molar-refractivity contribution in [1.29, 1.82) is 0 Å². The van der Waals surface area contributed by atoms with E-state index in [0.717, 1.165) is 11.3 Å². The van der Waals surface area contributed by atoms with E-state index in [4.69, 9.17) is 9.47 Å². The maximum absolute atomic E-state index is 12.2. The van der Waals surface area contributed by atoms with Gasteiger partial charge < -0.3 is 14.5 Å². The van der Waals surface area contributed by atoms with Crippen LogP contribution in [0, 0.1) is 0 Å². The van der Waals surface area contributed by atoms with Crippen molar-refractivity contribution in [3.05, 3.63) is 45.6 Å². The fraction of sp³-hybridized carbons (Fsp3) is 0.353. The van der Waals surface area contributed by atoms with E-state index in [1.807, 2.05) is 32.0 Å². The van der Waals surface area contributed by atoms with E-state index in [2.05, 4.69) is 20.2 Å². The minimum atomic E-state index is -0.237. The van der Waals surface area contributed by atoms with E-state index in [0.29, 0.717) is 34.8 Å². The van der Waals surface area contributed by atoms with Crippen molar-refractivity contribution in [1.82, 2.24) is 20.2 Å². The van der Waals surface area contributed by atoms with Crippen LogP contribution in [0.1, 0.15) is 36.8 Å². The predicted molar refractivity (Wildman–Crippen MR) is 91.0 cm³/mol. The number of aromatic amines is 2. The molecule has 0 spiro atoms. The van der Waals surface area contributed by atoms with Crippen molar-refractivity contribution >= 4 is 11.0 Å². The molecule has 24 heavy (non-hydrogen) atoms. The standard InChI is InChI=1S/C17H20N4O3/c1-9(2)14-15-16(21-20-14)17(22)19-13(18-15)8-10-5-6-11(23-3)12(7-10)24-4/h5-7,9H,8H2,1-4H3,(H,20,21)(H,18,19,22). The Balaban J connectivity index is 2.01. The number of nitrogens with zero attached hydrogens (tertiary/aromatic N) is 2. The number of H-pyrrole nitrogens is 2. The first kappa shape index (κ1) is 16.0. The average molecular weight is 328 g/mol. The summed E-state index contributed by atoms with van der Waals surface area (Å²) >= 11 is 0. The second kappa shape index (κ2) is 6.35. The molecule has 0 amide bonds. The summed E-state index contributed by atoms with van der Waals surface area (Å²) < 4.78 is 10.6.